The van der Waals surface area contributed by atoms with Crippen LogP contribution in [0.5, 0.6) is 5.88 Å². The normalized spacial score (nSPS) is 11.2. The standard InChI is InChI=1S/C11H11N3O2/c12-10(15)6-13-5-8-7-3-1-2-4-9(7)14-11(8)16/h1-5,14,16H,6H2,(H2,12,15). The van der Waals surface area contributed by atoms with Crippen LogP contribution in [0.2, 0.25) is 0 Å². The van der Waals surface area contributed by atoms with Crippen molar-refractivity contribution in [1.82, 2.24) is 4.98 Å². The molecule has 0 saturated carbocycles. The zero-order chi connectivity index (χ0) is 11.5. The molecule has 0 aliphatic heterocycles. The molecule has 1 amide bonds. The van der Waals surface area contributed by atoms with Gasteiger partial charge in [0.1, 0.15) is 6.54 Å². The number of fused-ring (bicyclic) bond motifs is 1. The number of hydrogen-bond donors (Lipinski definition) is 3. The van der Waals surface area contributed by atoms with Crippen LogP contribution in [-0.4, -0.2) is 28.8 Å². The fourth-order valence-corrected chi connectivity index (χ4v) is 1.51. The number of H-pyrrole nitrogens is 1. The highest BCUT2D eigenvalue weighted by Gasteiger charge is 2.07. The van der Waals surface area contributed by atoms with Gasteiger partial charge >= 0.3 is 0 Å². The summed E-state index contributed by atoms with van der Waals surface area (Å²) in [6, 6.07) is 7.43. The van der Waals surface area contributed by atoms with Gasteiger partial charge in [0.15, 0.2) is 5.88 Å². The van der Waals surface area contributed by atoms with Crippen molar-refractivity contribution >= 4 is 23.0 Å². The Morgan fingerprint density at radius 3 is 3.00 bits per heavy atom. The smallest absolute Gasteiger partial charge is 0.239 e. The van der Waals surface area contributed by atoms with Gasteiger partial charge in [-0.2, -0.15) is 0 Å². The Bertz CT molecular complexity index is 557. The highest BCUT2D eigenvalue weighted by Crippen LogP contribution is 2.24. The highest BCUT2D eigenvalue weighted by atomic mass is 16.3. The largest absolute Gasteiger partial charge is 0.494 e. The summed E-state index contributed by atoms with van der Waals surface area (Å²) in [5, 5.41) is 10.5. The third-order valence-corrected chi connectivity index (χ3v) is 2.19. The lowest BCUT2D eigenvalue weighted by molar-refractivity contribution is -0.116. The van der Waals surface area contributed by atoms with E-state index in [-0.39, 0.29) is 12.4 Å². The van der Waals surface area contributed by atoms with Crippen molar-refractivity contribution in [1.29, 1.82) is 0 Å². The molecule has 0 fully saturated rings. The molecule has 0 atom stereocenters. The van der Waals surface area contributed by atoms with Gasteiger partial charge < -0.3 is 15.8 Å². The number of rotatable bonds is 3. The third-order valence-electron chi connectivity index (χ3n) is 2.19. The van der Waals surface area contributed by atoms with Crippen LogP contribution < -0.4 is 5.73 Å². The van der Waals surface area contributed by atoms with Crippen molar-refractivity contribution in [2.45, 2.75) is 0 Å². The molecule has 1 aromatic heterocycles. The minimum Gasteiger partial charge on any atom is -0.494 e. The number of nitrogens with one attached hydrogen (secondary N) is 1. The van der Waals surface area contributed by atoms with E-state index in [1.165, 1.54) is 6.21 Å². The quantitative estimate of drug-likeness (QED) is 0.663. The second-order valence-electron chi connectivity index (χ2n) is 3.37. The molecule has 0 aliphatic carbocycles. The van der Waals surface area contributed by atoms with Crippen molar-refractivity contribution < 1.29 is 9.90 Å². The second-order valence-corrected chi connectivity index (χ2v) is 3.37. The van der Waals surface area contributed by atoms with E-state index in [1.807, 2.05) is 24.3 Å². The molecule has 0 bridgehead atoms. The molecule has 0 saturated heterocycles. The lowest BCUT2D eigenvalue weighted by Gasteiger charge is -1.91. The lowest BCUT2D eigenvalue weighted by atomic mass is 10.2. The number of carbonyl (C=O) groups is 1. The first-order valence-corrected chi connectivity index (χ1v) is 4.76. The molecule has 4 N–H and O–H groups in total. The van der Waals surface area contributed by atoms with Gasteiger partial charge in [0.25, 0.3) is 0 Å². The maximum atomic E-state index is 10.5. The molecule has 5 nitrogen and oxygen atoms in total. The molecular formula is C11H11N3O2. The van der Waals surface area contributed by atoms with E-state index in [4.69, 9.17) is 5.73 Å². The van der Waals surface area contributed by atoms with Gasteiger partial charge in [-0.15, -0.1) is 0 Å². The molecule has 2 aromatic rings. The number of carbonyl (C=O) groups excluding carboxylic acids is 1. The van der Waals surface area contributed by atoms with Crippen LogP contribution in [0.4, 0.5) is 0 Å². The zero-order valence-electron chi connectivity index (χ0n) is 8.47. The van der Waals surface area contributed by atoms with Gasteiger partial charge in [0.2, 0.25) is 5.91 Å². The zero-order valence-corrected chi connectivity index (χ0v) is 8.47. The number of aliphatic imine (C=N–C) groups is 1. The van der Waals surface area contributed by atoms with Crippen LogP contribution in [0.25, 0.3) is 10.9 Å². The second kappa shape index (κ2) is 4.06. The molecule has 0 spiro atoms. The van der Waals surface area contributed by atoms with Crippen LogP contribution in [0.1, 0.15) is 5.56 Å². The maximum absolute atomic E-state index is 10.5. The summed E-state index contributed by atoms with van der Waals surface area (Å²) < 4.78 is 0. The predicted octanol–water partition coefficient (Wildman–Crippen LogP) is 0.778. The summed E-state index contributed by atoms with van der Waals surface area (Å²) in [5.41, 5.74) is 6.35. The minimum absolute atomic E-state index is 0.0365. The molecular weight excluding hydrogens is 206 g/mol. The molecule has 1 heterocycles. The molecule has 2 rings (SSSR count). The van der Waals surface area contributed by atoms with Crippen molar-refractivity contribution in [2.75, 3.05) is 6.54 Å². The van der Waals surface area contributed by atoms with E-state index < -0.39 is 5.91 Å². The van der Waals surface area contributed by atoms with Crippen LogP contribution in [0, 0.1) is 0 Å². The van der Waals surface area contributed by atoms with Crippen LogP contribution >= 0.6 is 0 Å². The SMILES string of the molecule is NC(=O)CN=Cc1c(O)[nH]c2ccccc12. The molecule has 0 unspecified atom stereocenters. The first kappa shape index (κ1) is 10.2. The van der Waals surface area contributed by atoms with Crippen LogP contribution in [-0.2, 0) is 4.79 Å². The fourth-order valence-electron chi connectivity index (χ4n) is 1.51. The van der Waals surface area contributed by atoms with Crippen molar-refractivity contribution in [3.05, 3.63) is 29.8 Å². The van der Waals surface area contributed by atoms with Gasteiger partial charge in [0, 0.05) is 17.1 Å². The van der Waals surface area contributed by atoms with E-state index in [9.17, 15) is 9.90 Å². The first-order valence-electron chi connectivity index (χ1n) is 4.76. The lowest BCUT2D eigenvalue weighted by Crippen LogP contribution is -2.13. The van der Waals surface area contributed by atoms with E-state index in [0.29, 0.717) is 5.56 Å². The molecule has 0 aliphatic rings. The Hall–Kier alpha value is -2.30. The van der Waals surface area contributed by atoms with E-state index in [0.717, 1.165) is 10.9 Å². The summed E-state index contributed by atoms with van der Waals surface area (Å²) in [6.07, 6.45) is 1.44. The number of aromatic nitrogens is 1. The Balaban J connectivity index is 2.39. The average molecular weight is 217 g/mol. The van der Waals surface area contributed by atoms with Crippen LogP contribution in [0.3, 0.4) is 0 Å². The molecule has 5 heteroatoms. The highest BCUT2D eigenvalue weighted by molar-refractivity contribution is 6.02. The summed E-state index contributed by atoms with van der Waals surface area (Å²) in [6.45, 7) is -0.0844. The van der Waals surface area contributed by atoms with E-state index >= 15 is 0 Å². The van der Waals surface area contributed by atoms with Gasteiger partial charge in [-0.3, -0.25) is 9.79 Å². The number of amides is 1. The summed E-state index contributed by atoms with van der Waals surface area (Å²) >= 11 is 0. The van der Waals surface area contributed by atoms with E-state index in [1.54, 1.807) is 0 Å². The Kier molecular flexibility index (Phi) is 2.59. The van der Waals surface area contributed by atoms with Gasteiger partial charge in [0.05, 0.1) is 5.56 Å². The third kappa shape index (κ3) is 1.88. The number of nitrogens with two attached hydrogens (primary N) is 1. The number of aromatic amines is 1. The number of hydrogen-bond acceptors (Lipinski definition) is 3. The number of benzene rings is 1. The van der Waals surface area contributed by atoms with Crippen molar-refractivity contribution in [3.63, 3.8) is 0 Å². The number of para-hydroxylation sites is 1. The Morgan fingerprint density at radius 1 is 1.50 bits per heavy atom. The Labute approximate surface area is 91.6 Å². The van der Waals surface area contributed by atoms with Crippen molar-refractivity contribution in [2.24, 2.45) is 10.7 Å². The number of nitrogens with zero attached hydrogens (tertiary/aromatic N) is 1. The molecule has 16 heavy (non-hydrogen) atoms. The maximum Gasteiger partial charge on any atom is 0.239 e. The number of primary amides is 1. The summed E-state index contributed by atoms with van der Waals surface area (Å²) in [7, 11) is 0. The first-order chi connectivity index (χ1) is 7.68. The molecule has 1 aromatic carbocycles. The molecule has 82 valence electrons. The Morgan fingerprint density at radius 2 is 2.25 bits per heavy atom. The van der Waals surface area contributed by atoms with Crippen LogP contribution in [0.15, 0.2) is 29.3 Å². The van der Waals surface area contributed by atoms with E-state index in [2.05, 4.69) is 9.98 Å². The average Bonchev–Trinajstić information content (AvgIpc) is 2.55. The number of aromatic hydroxyl groups is 1. The monoisotopic (exact) mass is 217 g/mol. The van der Waals surface area contributed by atoms with Gasteiger partial charge in [-0.05, 0) is 6.07 Å². The van der Waals surface area contributed by atoms with Gasteiger partial charge in [-0.25, -0.2) is 0 Å². The predicted molar refractivity (Wildman–Crippen MR) is 61.6 cm³/mol. The van der Waals surface area contributed by atoms with Gasteiger partial charge in [-0.1, -0.05) is 18.2 Å². The summed E-state index contributed by atoms with van der Waals surface area (Å²) in [5.74, 6) is -0.468. The molecule has 0 radical (unpaired) electrons. The summed E-state index contributed by atoms with van der Waals surface area (Å²) in [4.78, 5) is 17.2. The van der Waals surface area contributed by atoms with Crippen molar-refractivity contribution in [3.8, 4) is 5.88 Å². The minimum atomic E-state index is -0.504. The fraction of sp³-hybridized carbons (Fsp3) is 0.0909. The topological polar surface area (TPSA) is 91.5 Å².